The molecule has 3 heterocycles. The van der Waals surface area contributed by atoms with E-state index in [9.17, 15) is 13.2 Å². The molecule has 0 unspecified atom stereocenters. The molecule has 3 atom stereocenters. The molecular formula is C19H21FN6O5S. The lowest BCUT2D eigenvalue weighted by atomic mass is 9.86. The van der Waals surface area contributed by atoms with Crippen molar-refractivity contribution in [1.29, 1.82) is 5.41 Å². The monoisotopic (exact) mass is 464 g/mol. The summed E-state index contributed by atoms with van der Waals surface area (Å²) in [5.74, 6) is -1.46. The van der Waals surface area contributed by atoms with Gasteiger partial charge in [0.1, 0.15) is 22.3 Å². The molecule has 0 aliphatic carbocycles. The molecule has 0 radical (unpaired) electrons. The molecule has 3 N–H and O–H groups in total. The predicted molar refractivity (Wildman–Crippen MR) is 111 cm³/mol. The normalized spacial score (nSPS) is 26.2. The number of guanidine groups is 1. The largest absolute Gasteiger partial charge is 0.480 e. The number of benzene rings is 1. The first kappa shape index (κ1) is 21.9. The molecule has 170 valence electrons. The Morgan fingerprint density at radius 3 is 2.81 bits per heavy atom. The van der Waals surface area contributed by atoms with Gasteiger partial charge in [-0.3, -0.25) is 10.2 Å². The molecule has 2 aliphatic heterocycles. The van der Waals surface area contributed by atoms with Gasteiger partial charge in [-0.15, -0.1) is 0 Å². The van der Waals surface area contributed by atoms with Gasteiger partial charge in [0, 0.05) is 18.3 Å². The Morgan fingerprint density at radius 2 is 2.16 bits per heavy atom. The van der Waals surface area contributed by atoms with E-state index in [1.165, 1.54) is 38.7 Å². The van der Waals surface area contributed by atoms with Crippen LogP contribution in [0.15, 0.2) is 30.6 Å². The molecule has 4 rings (SSSR count). The van der Waals surface area contributed by atoms with Crippen molar-refractivity contribution in [3.8, 4) is 5.88 Å². The number of fused-ring (bicyclic) bond motifs is 1. The number of methoxy groups -OCH3 is 1. The summed E-state index contributed by atoms with van der Waals surface area (Å²) in [5.41, 5.74) is -1.35. The number of nitrogens with zero attached hydrogens (tertiary/aromatic N) is 3. The first-order valence-electron chi connectivity index (χ1n) is 9.53. The number of amides is 1. The zero-order chi connectivity index (χ0) is 23.3. The van der Waals surface area contributed by atoms with Crippen LogP contribution in [0, 0.1) is 11.2 Å². The fraction of sp³-hybridized carbons (Fsp3) is 0.368. The molecule has 2 saturated heterocycles. The van der Waals surface area contributed by atoms with Gasteiger partial charge in [-0.2, -0.15) is 0 Å². The van der Waals surface area contributed by atoms with Crippen LogP contribution < -0.4 is 15.4 Å². The quantitative estimate of drug-likeness (QED) is 0.598. The maximum Gasteiger partial charge on any atom is 0.275 e. The van der Waals surface area contributed by atoms with E-state index >= 15 is 4.39 Å². The van der Waals surface area contributed by atoms with E-state index < -0.39 is 44.6 Å². The summed E-state index contributed by atoms with van der Waals surface area (Å²) in [6.45, 7) is 1.41. The number of nitrogens with one attached hydrogen (secondary N) is 3. The van der Waals surface area contributed by atoms with E-state index in [2.05, 4.69) is 20.6 Å². The third kappa shape index (κ3) is 3.33. The van der Waals surface area contributed by atoms with E-state index in [1.807, 2.05) is 0 Å². The minimum absolute atomic E-state index is 0.00677. The Morgan fingerprint density at radius 1 is 1.41 bits per heavy atom. The Bertz CT molecular complexity index is 1190. The number of anilines is 1. The van der Waals surface area contributed by atoms with Crippen LogP contribution in [0.3, 0.4) is 0 Å². The zero-order valence-electron chi connectivity index (χ0n) is 17.4. The Balaban J connectivity index is 1.72. The van der Waals surface area contributed by atoms with E-state index in [0.717, 1.165) is 10.4 Å². The number of hydrogen-bond acceptors (Lipinski definition) is 8. The number of sulfonamides is 1. The van der Waals surface area contributed by atoms with Crippen molar-refractivity contribution < 1.29 is 27.1 Å². The summed E-state index contributed by atoms with van der Waals surface area (Å²) in [6, 6.07) is 3.79. The van der Waals surface area contributed by atoms with Crippen LogP contribution in [0.25, 0.3) is 0 Å². The average molecular weight is 464 g/mol. The highest BCUT2D eigenvalue weighted by Gasteiger charge is 2.61. The maximum atomic E-state index is 15.0. The lowest BCUT2D eigenvalue weighted by Gasteiger charge is -2.44. The second-order valence-electron chi connectivity index (χ2n) is 7.49. The van der Waals surface area contributed by atoms with Crippen molar-refractivity contribution in [2.24, 2.45) is 0 Å². The Labute approximate surface area is 183 Å². The molecular weight excluding hydrogens is 443 g/mol. The fourth-order valence-corrected chi connectivity index (χ4v) is 5.97. The minimum atomic E-state index is -4.01. The molecule has 1 aromatic carbocycles. The van der Waals surface area contributed by atoms with Crippen LogP contribution in [0.5, 0.6) is 5.88 Å². The van der Waals surface area contributed by atoms with Crippen LogP contribution in [-0.4, -0.2) is 66.7 Å². The van der Waals surface area contributed by atoms with Crippen LogP contribution in [-0.2, 0) is 20.3 Å². The average Bonchev–Trinajstić information content (AvgIpc) is 3.11. The van der Waals surface area contributed by atoms with E-state index in [1.54, 1.807) is 6.92 Å². The molecule has 1 amide bonds. The van der Waals surface area contributed by atoms with Crippen molar-refractivity contribution in [2.75, 3.05) is 26.1 Å². The van der Waals surface area contributed by atoms with Gasteiger partial charge in [-0.25, -0.2) is 27.1 Å². The number of carbonyl (C=O) groups is 1. The smallest absolute Gasteiger partial charge is 0.275 e. The summed E-state index contributed by atoms with van der Waals surface area (Å²) < 4.78 is 52.4. The number of ether oxygens (including phenoxy) is 2. The molecule has 2 aromatic rings. The zero-order valence-corrected chi connectivity index (χ0v) is 18.2. The van der Waals surface area contributed by atoms with Crippen LogP contribution in [0.2, 0.25) is 0 Å². The molecule has 0 saturated carbocycles. The standard InChI is InChI=1S/C19H21FN6O5S/c1-10-16-19(9-31-10,25-18(21)26(2)32(16,28)29)12-6-11(4-5-13(12)20)24-17(27)14-7-23-15(30-3)8-22-14/h4-8,10,16H,9H2,1-3H3,(H2,21,25)(H,24,27)/t10-,16-,19-/m1/s1. The molecule has 1 aromatic heterocycles. The van der Waals surface area contributed by atoms with Crippen LogP contribution in [0.4, 0.5) is 10.1 Å². The second kappa shape index (κ2) is 7.67. The van der Waals surface area contributed by atoms with Crippen molar-refractivity contribution in [1.82, 2.24) is 19.6 Å². The maximum absolute atomic E-state index is 15.0. The Hall–Kier alpha value is -3.32. The number of rotatable bonds is 4. The third-order valence-corrected chi connectivity index (χ3v) is 7.99. The topological polar surface area (TPSA) is 147 Å². The van der Waals surface area contributed by atoms with Gasteiger partial charge < -0.3 is 20.1 Å². The van der Waals surface area contributed by atoms with Gasteiger partial charge in [-0.1, -0.05) is 0 Å². The number of aromatic nitrogens is 2. The number of hydrogen-bond donors (Lipinski definition) is 3. The van der Waals surface area contributed by atoms with Crippen LogP contribution >= 0.6 is 0 Å². The lowest BCUT2D eigenvalue weighted by molar-refractivity contribution is 0.102. The summed E-state index contributed by atoms with van der Waals surface area (Å²) >= 11 is 0. The summed E-state index contributed by atoms with van der Waals surface area (Å²) in [4.78, 5) is 20.4. The van der Waals surface area contributed by atoms with Crippen molar-refractivity contribution in [2.45, 2.75) is 23.8 Å². The lowest BCUT2D eigenvalue weighted by Crippen LogP contribution is -2.68. The molecule has 11 nitrogen and oxygen atoms in total. The molecule has 13 heteroatoms. The van der Waals surface area contributed by atoms with E-state index in [0.29, 0.717) is 0 Å². The van der Waals surface area contributed by atoms with Gasteiger partial charge in [0.2, 0.25) is 21.9 Å². The molecule has 0 spiro atoms. The SMILES string of the molecule is COc1cnc(C(=O)Nc2ccc(F)c([C@]34CO[C@H](C)[C@H]3S(=O)(=O)N(C)C(=N)N4)c2)cn1. The van der Waals surface area contributed by atoms with Gasteiger partial charge in [-0.05, 0) is 25.1 Å². The number of halogens is 1. The second-order valence-corrected chi connectivity index (χ2v) is 9.57. The molecule has 32 heavy (non-hydrogen) atoms. The van der Waals surface area contributed by atoms with Crippen molar-refractivity contribution in [3.05, 3.63) is 47.7 Å². The first-order valence-corrected chi connectivity index (χ1v) is 11.0. The number of carbonyl (C=O) groups excluding carboxylic acids is 1. The molecule has 0 bridgehead atoms. The Kier molecular flexibility index (Phi) is 5.25. The summed E-state index contributed by atoms with van der Waals surface area (Å²) in [6.07, 6.45) is 1.76. The van der Waals surface area contributed by atoms with Crippen LogP contribution in [0.1, 0.15) is 23.0 Å². The highest BCUT2D eigenvalue weighted by molar-refractivity contribution is 7.90. The van der Waals surface area contributed by atoms with Gasteiger partial charge in [0.05, 0.1) is 32.2 Å². The summed E-state index contributed by atoms with van der Waals surface area (Å²) in [5, 5.41) is 12.3. The van der Waals surface area contributed by atoms with Gasteiger partial charge in [0.15, 0.2) is 0 Å². The van der Waals surface area contributed by atoms with Gasteiger partial charge in [0.25, 0.3) is 5.91 Å². The summed E-state index contributed by atoms with van der Waals surface area (Å²) in [7, 11) is -1.34. The fourth-order valence-electron chi connectivity index (χ4n) is 4.00. The van der Waals surface area contributed by atoms with Crippen molar-refractivity contribution in [3.63, 3.8) is 0 Å². The molecule has 2 aliphatic rings. The molecule has 2 fully saturated rings. The highest BCUT2D eigenvalue weighted by Crippen LogP contribution is 2.43. The first-order chi connectivity index (χ1) is 15.1. The van der Waals surface area contributed by atoms with Crippen molar-refractivity contribution >= 4 is 27.6 Å². The van der Waals surface area contributed by atoms with E-state index in [4.69, 9.17) is 14.9 Å². The minimum Gasteiger partial charge on any atom is -0.480 e. The highest BCUT2D eigenvalue weighted by atomic mass is 32.2. The van der Waals surface area contributed by atoms with Gasteiger partial charge >= 0.3 is 0 Å². The van der Waals surface area contributed by atoms with E-state index in [-0.39, 0.29) is 29.4 Å². The predicted octanol–water partition coefficient (Wildman–Crippen LogP) is 0.659. The third-order valence-electron chi connectivity index (χ3n) is 5.62.